The summed E-state index contributed by atoms with van der Waals surface area (Å²) in [6.45, 7) is 0.744. The van der Waals surface area contributed by atoms with E-state index in [4.69, 9.17) is 16.3 Å². The molecule has 3 aromatic rings. The van der Waals surface area contributed by atoms with Crippen LogP contribution >= 0.6 is 11.6 Å². The van der Waals surface area contributed by atoms with Crippen LogP contribution in [0.3, 0.4) is 0 Å². The van der Waals surface area contributed by atoms with Crippen LogP contribution in [0.15, 0.2) is 42.7 Å². The van der Waals surface area contributed by atoms with Crippen molar-refractivity contribution in [3.8, 4) is 5.75 Å². The number of H-pyrrole nitrogens is 1. The Bertz CT molecular complexity index is 1240. The lowest BCUT2D eigenvalue weighted by Crippen LogP contribution is -2.18. The van der Waals surface area contributed by atoms with Gasteiger partial charge in [0.25, 0.3) is 11.8 Å². The summed E-state index contributed by atoms with van der Waals surface area (Å²) in [7, 11) is 5.24. The molecule has 35 heavy (non-hydrogen) atoms. The molecule has 3 N–H and O–H groups in total. The first-order chi connectivity index (χ1) is 16.7. The number of Topliss-reactive ketones (excluding diaryl/α,β-unsaturated/α-hetero) is 1. The highest BCUT2D eigenvalue weighted by molar-refractivity contribution is 6.34. The van der Waals surface area contributed by atoms with E-state index >= 15 is 0 Å². The van der Waals surface area contributed by atoms with Crippen LogP contribution in [0.5, 0.6) is 5.75 Å². The lowest BCUT2D eigenvalue weighted by Gasteiger charge is -2.13. The molecule has 0 bridgehead atoms. The molecule has 0 radical (unpaired) electrons. The largest absolute Gasteiger partial charge is 0.494 e. The van der Waals surface area contributed by atoms with E-state index in [9.17, 15) is 18.8 Å². The van der Waals surface area contributed by atoms with Crippen LogP contribution in [-0.4, -0.2) is 60.2 Å². The first kappa shape index (κ1) is 25.9. The summed E-state index contributed by atoms with van der Waals surface area (Å²) in [5.41, 5.74) is 0.907. The number of ether oxygens (including phenoxy) is 1. The number of benzene rings is 2. The smallest absolute Gasteiger partial charge is 0.274 e. The standard InChI is InChI=1S/C24H25ClFN5O4/c1-31(2)10-4-5-19(32)21-22(28-13-27-21)24(34)29-15-7-9-18(20(12-15)35-3)30-23(33)16-8-6-14(26)11-17(16)25/h6-9,11-13H,4-5,10H2,1-3H3,(H,27,28)(H,29,34)(H,30,33). The molecule has 0 aliphatic rings. The molecular weight excluding hydrogens is 477 g/mol. The van der Waals surface area contributed by atoms with Crippen molar-refractivity contribution in [2.45, 2.75) is 12.8 Å². The summed E-state index contributed by atoms with van der Waals surface area (Å²) in [6.07, 6.45) is 2.21. The van der Waals surface area contributed by atoms with Gasteiger partial charge in [0.15, 0.2) is 5.78 Å². The van der Waals surface area contributed by atoms with Gasteiger partial charge in [-0.25, -0.2) is 9.37 Å². The second-order valence-electron chi connectivity index (χ2n) is 7.90. The van der Waals surface area contributed by atoms with E-state index in [0.29, 0.717) is 17.8 Å². The zero-order valence-electron chi connectivity index (χ0n) is 19.4. The fraction of sp³-hybridized carbons (Fsp3) is 0.250. The zero-order valence-corrected chi connectivity index (χ0v) is 20.2. The highest BCUT2D eigenvalue weighted by Crippen LogP contribution is 2.29. The minimum Gasteiger partial charge on any atom is -0.494 e. The topological polar surface area (TPSA) is 116 Å². The highest BCUT2D eigenvalue weighted by Gasteiger charge is 2.21. The quantitative estimate of drug-likeness (QED) is 0.358. The number of methoxy groups -OCH3 is 1. The lowest BCUT2D eigenvalue weighted by molar-refractivity contribution is 0.0955. The van der Waals surface area contributed by atoms with E-state index in [1.165, 1.54) is 31.6 Å². The van der Waals surface area contributed by atoms with E-state index in [1.807, 2.05) is 19.0 Å². The van der Waals surface area contributed by atoms with Gasteiger partial charge in [-0.1, -0.05) is 11.6 Å². The summed E-state index contributed by atoms with van der Waals surface area (Å²) in [6, 6.07) is 8.05. The van der Waals surface area contributed by atoms with Crippen molar-refractivity contribution in [2.75, 3.05) is 38.4 Å². The average Bonchev–Trinajstić information content (AvgIpc) is 3.30. The first-order valence-corrected chi connectivity index (χ1v) is 11.0. The molecule has 1 aromatic heterocycles. The SMILES string of the molecule is COc1cc(NC(=O)c2[nH]cnc2C(=O)CCCN(C)C)ccc1NC(=O)c1ccc(F)cc1Cl. The van der Waals surface area contributed by atoms with Gasteiger partial charge in [-0.15, -0.1) is 0 Å². The Hall–Kier alpha value is -3.76. The van der Waals surface area contributed by atoms with Gasteiger partial charge >= 0.3 is 0 Å². The van der Waals surface area contributed by atoms with Gasteiger partial charge in [0.1, 0.15) is 23.0 Å². The molecule has 2 aromatic carbocycles. The molecule has 0 fully saturated rings. The van der Waals surface area contributed by atoms with Crippen molar-refractivity contribution in [3.63, 3.8) is 0 Å². The lowest BCUT2D eigenvalue weighted by atomic mass is 10.1. The summed E-state index contributed by atoms with van der Waals surface area (Å²) in [5.74, 6) is -1.62. The van der Waals surface area contributed by atoms with Gasteiger partial charge in [0.2, 0.25) is 0 Å². The van der Waals surface area contributed by atoms with Crippen molar-refractivity contribution in [3.05, 3.63) is 70.5 Å². The number of ketones is 1. The minimum atomic E-state index is -0.556. The normalized spacial score (nSPS) is 10.8. The van der Waals surface area contributed by atoms with Crippen molar-refractivity contribution >= 4 is 40.6 Å². The van der Waals surface area contributed by atoms with E-state index in [2.05, 4.69) is 20.6 Å². The Morgan fingerprint density at radius 1 is 1.11 bits per heavy atom. The van der Waals surface area contributed by atoms with Crippen LogP contribution in [0.1, 0.15) is 44.2 Å². The maximum absolute atomic E-state index is 13.3. The van der Waals surface area contributed by atoms with Gasteiger partial charge in [-0.3, -0.25) is 14.4 Å². The van der Waals surface area contributed by atoms with Crippen LogP contribution in [0.25, 0.3) is 0 Å². The van der Waals surface area contributed by atoms with E-state index in [-0.39, 0.29) is 39.9 Å². The highest BCUT2D eigenvalue weighted by atomic mass is 35.5. The van der Waals surface area contributed by atoms with E-state index in [0.717, 1.165) is 18.7 Å². The number of imidazole rings is 1. The number of nitrogens with one attached hydrogen (secondary N) is 3. The van der Waals surface area contributed by atoms with Gasteiger partial charge in [-0.05, 0) is 57.4 Å². The summed E-state index contributed by atoms with van der Waals surface area (Å²) in [5, 5.41) is 5.31. The number of rotatable bonds is 10. The Kier molecular flexibility index (Phi) is 8.56. The maximum Gasteiger partial charge on any atom is 0.274 e. The first-order valence-electron chi connectivity index (χ1n) is 10.7. The monoisotopic (exact) mass is 501 g/mol. The molecular formula is C24H25ClFN5O4. The van der Waals surface area contributed by atoms with Gasteiger partial charge < -0.3 is 25.3 Å². The van der Waals surface area contributed by atoms with Crippen molar-refractivity contribution in [2.24, 2.45) is 0 Å². The third kappa shape index (κ3) is 6.65. The predicted octanol–water partition coefficient (Wildman–Crippen LogP) is 4.24. The fourth-order valence-corrected chi connectivity index (χ4v) is 3.54. The molecule has 0 unspecified atom stereocenters. The number of aromatic nitrogens is 2. The Morgan fingerprint density at radius 2 is 1.89 bits per heavy atom. The molecule has 2 amide bonds. The molecule has 0 atom stereocenters. The number of aromatic amines is 1. The molecule has 0 aliphatic carbocycles. The zero-order chi connectivity index (χ0) is 25.5. The molecule has 11 heteroatoms. The second kappa shape index (κ2) is 11.6. The minimum absolute atomic E-state index is 0.0306. The van der Waals surface area contributed by atoms with Crippen LogP contribution in [0, 0.1) is 5.82 Å². The fourth-order valence-electron chi connectivity index (χ4n) is 3.28. The number of halogens is 2. The van der Waals surface area contributed by atoms with Crippen LogP contribution in [0.4, 0.5) is 15.8 Å². The summed E-state index contributed by atoms with van der Waals surface area (Å²) >= 11 is 5.96. The van der Waals surface area contributed by atoms with Crippen LogP contribution in [0.2, 0.25) is 5.02 Å². The van der Waals surface area contributed by atoms with Crippen LogP contribution in [-0.2, 0) is 0 Å². The number of amides is 2. The molecule has 184 valence electrons. The molecule has 0 spiro atoms. The average molecular weight is 502 g/mol. The number of anilines is 2. The Morgan fingerprint density at radius 3 is 2.57 bits per heavy atom. The summed E-state index contributed by atoms with van der Waals surface area (Å²) < 4.78 is 18.6. The molecule has 0 aliphatic heterocycles. The molecule has 0 saturated carbocycles. The van der Waals surface area contributed by atoms with Gasteiger partial charge in [0.05, 0.1) is 29.7 Å². The van der Waals surface area contributed by atoms with Crippen molar-refractivity contribution < 1.29 is 23.5 Å². The Labute approximate surface area is 206 Å². The Balaban J connectivity index is 1.71. The third-order valence-electron chi connectivity index (χ3n) is 5.02. The van der Waals surface area contributed by atoms with Gasteiger partial charge in [-0.2, -0.15) is 0 Å². The number of nitrogens with zero attached hydrogens (tertiary/aromatic N) is 2. The van der Waals surface area contributed by atoms with E-state index < -0.39 is 17.6 Å². The molecule has 0 saturated heterocycles. The number of hydrogen-bond donors (Lipinski definition) is 3. The molecule has 9 nitrogen and oxygen atoms in total. The molecule has 1 heterocycles. The second-order valence-corrected chi connectivity index (χ2v) is 8.31. The number of carbonyl (C=O) groups excluding carboxylic acids is 3. The van der Waals surface area contributed by atoms with Gasteiger partial charge in [0, 0.05) is 18.2 Å². The predicted molar refractivity (Wildman–Crippen MR) is 131 cm³/mol. The van der Waals surface area contributed by atoms with E-state index in [1.54, 1.807) is 6.07 Å². The number of carbonyl (C=O) groups is 3. The number of hydrogen-bond acceptors (Lipinski definition) is 6. The maximum atomic E-state index is 13.3. The van der Waals surface area contributed by atoms with Crippen LogP contribution < -0.4 is 15.4 Å². The van der Waals surface area contributed by atoms with Crippen molar-refractivity contribution in [1.82, 2.24) is 14.9 Å². The third-order valence-corrected chi connectivity index (χ3v) is 5.34. The molecule has 3 rings (SSSR count). The van der Waals surface area contributed by atoms with Crippen molar-refractivity contribution in [1.29, 1.82) is 0 Å². The summed E-state index contributed by atoms with van der Waals surface area (Å²) in [4.78, 5) is 46.6.